The first-order valence-corrected chi connectivity index (χ1v) is 9.61. The smallest absolute Gasteiger partial charge is 0.234 e. The van der Waals surface area contributed by atoms with E-state index in [1.54, 1.807) is 18.2 Å². The zero-order valence-electron chi connectivity index (χ0n) is 12.6. The molecule has 0 radical (unpaired) electrons. The van der Waals surface area contributed by atoms with Crippen LogP contribution in [0.25, 0.3) is 11.4 Å². The van der Waals surface area contributed by atoms with E-state index in [2.05, 4.69) is 36.4 Å². The van der Waals surface area contributed by atoms with Crippen molar-refractivity contribution in [2.24, 2.45) is 0 Å². The molecule has 128 valence electrons. The van der Waals surface area contributed by atoms with Gasteiger partial charge in [0.25, 0.3) is 0 Å². The van der Waals surface area contributed by atoms with Crippen molar-refractivity contribution in [2.45, 2.75) is 5.16 Å². The van der Waals surface area contributed by atoms with Crippen molar-refractivity contribution in [3.63, 3.8) is 0 Å². The fourth-order valence-electron chi connectivity index (χ4n) is 1.97. The molecule has 25 heavy (non-hydrogen) atoms. The number of carbonyl (C=O) groups excluding carboxylic acids is 1. The van der Waals surface area contributed by atoms with Crippen molar-refractivity contribution < 1.29 is 4.79 Å². The normalized spacial score (nSPS) is 10.7. The number of hydrogen-bond donors (Lipinski definition) is 2. The number of benzene rings is 2. The molecule has 0 spiro atoms. The maximum absolute atomic E-state index is 12.0. The first kappa shape index (κ1) is 18.3. The molecule has 0 bridgehead atoms. The van der Waals surface area contributed by atoms with Crippen LogP contribution < -0.4 is 5.32 Å². The Bertz CT molecular complexity index is 901. The number of hydrogen-bond acceptors (Lipinski definition) is 4. The summed E-state index contributed by atoms with van der Waals surface area (Å²) in [4.78, 5) is 16.3. The highest BCUT2D eigenvalue weighted by Crippen LogP contribution is 2.29. The van der Waals surface area contributed by atoms with Crippen LogP contribution in [-0.4, -0.2) is 26.8 Å². The summed E-state index contributed by atoms with van der Waals surface area (Å²) in [5, 5.41) is 11.2. The quantitative estimate of drug-likeness (QED) is 0.512. The molecule has 1 aromatic heterocycles. The maximum atomic E-state index is 12.0. The topological polar surface area (TPSA) is 70.7 Å². The molecule has 1 heterocycles. The summed E-state index contributed by atoms with van der Waals surface area (Å²) in [6.45, 7) is 0. The van der Waals surface area contributed by atoms with Crippen LogP contribution in [0.15, 0.2) is 52.1 Å². The van der Waals surface area contributed by atoms with E-state index >= 15 is 0 Å². The second-order valence-corrected chi connectivity index (χ2v) is 7.64. The van der Waals surface area contributed by atoms with E-state index in [4.69, 9.17) is 23.2 Å². The van der Waals surface area contributed by atoms with Gasteiger partial charge in [0.05, 0.1) is 10.8 Å². The highest BCUT2D eigenvalue weighted by Gasteiger charge is 2.12. The summed E-state index contributed by atoms with van der Waals surface area (Å²) >= 11 is 16.6. The second-order valence-electron chi connectivity index (χ2n) is 4.93. The summed E-state index contributed by atoms with van der Waals surface area (Å²) < 4.78 is 0.953. The summed E-state index contributed by atoms with van der Waals surface area (Å²) in [6.07, 6.45) is 0. The van der Waals surface area contributed by atoms with Gasteiger partial charge in [-0.1, -0.05) is 50.9 Å². The molecule has 3 aromatic rings. The van der Waals surface area contributed by atoms with Crippen LogP contribution in [0.3, 0.4) is 0 Å². The van der Waals surface area contributed by atoms with Crippen LogP contribution in [0, 0.1) is 0 Å². The number of H-pyrrole nitrogens is 1. The van der Waals surface area contributed by atoms with E-state index < -0.39 is 0 Å². The molecular formula is C16H11BrCl2N4OS. The maximum Gasteiger partial charge on any atom is 0.234 e. The van der Waals surface area contributed by atoms with Crippen LogP contribution in [0.1, 0.15) is 0 Å². The molecule has 0 aliphatic rings. The predicted molar refractivity (Wildman–Crippen MR) is 105 cm³/mol. The number of carbonyl (C=O) groups is 1. The van der Waals surface area contributed by atoms with Crippen molar-refractivity contribution in [2.75, 3.05) is 11.1 Å². The minimum absolute atomic E-state index is 0.136. The molecule has 0 fully saturated rings. The predicted octanol–water partition coefficient (Wildman–Crippen LogP) is 5.27. The number of halogens is 3. The van der Waals surface area contributed by atoms with E-state index in [9.17, 15) is 4.79 Å². The van der Waals surface area contributed by atoms with Gasteiger partial charge in [-0.15, -0.1) is 5.10 Å². The van der Waals surface area contributed by atoms with Crippen molar-refractivity contribution in [3.05, 3.63) is 57.0 Å². The third kappa shape index (κ3) is 4.98. The minimum Gasteiger partial charge on any atom is -0.325 e. The summed E-state index contributed by atoms with van der Waals surface area (Å²) in [5.41, 5.74) is 1.43. The Kier molecular flexibility index (Phi) is 6.01. The average Bonchev–Trinajstić information content (AvgIpc) is 3.04. The van der Waals surface area contributed by atoms with Crippen molar-refractivity contribution in [3.8, 4) is 11.4 Å². The lowest BCUT2D eigenvalue weighted by Crippen LogP contribution is -2.13. The van der Waals surface area contributed by atoms with Gasteiger partial charge in [0.15, 0.2) is 5.82 Å². The van der Waals surface area contributed by atoms with Crippen LogP contribution in [0.2, 0.25) is 10.0 Å². The highest BCUT2D eigenvalue weighted by atomic mass is 79.9. The van der Waals surface area contributed by atoms with Gasteiger partial charge in [-0.2, -0.15) is 0 Å². The molecule has 0 unspecified atom stereocenters. The van der Waals surface area contributed by atoms with Crippen LogP contribution in [0.5, 0.6) is 0 Å². The van der Waals surface area contributed by atoms with Gasteiger partial charge < -0.3 is 5.32 Å². The average molecular weight is 458 g/mol. The van der Waals surface area contributed by atoms with E-state index in [1.165, 1.54) is 11.8 Å². The van der Waals surface area contributed by atoms with Crippen molar-refractivity contribution >= 4 is 62.5 Å². The zero-order chi connectivity index (χ0) is 17.8. The molecular weight excluding hydrogens is 447 g/mol. The standard InChI is InChI=1S/C16H11BrCl2N4OS/c17-9-1-4-11(5-2-9)20-14(24)8-25-16-21-15(22-23-16)12-6-3-10(18)7-13(12)19/h1-7H,8H2,(H,20,24)(H,21,22,23). The number of aromatic amines is 1. The van der Waals surface area contributed by atoms with Gasteiger partial charge in [-0.05, 0) is 42.5 Å². The molecule has 3 rings (SSSR count). The van der Waals surface area contributed by atoms with Gasteiger partial charge in [-0.25, -0.2) is 4.98 Å². The zero-order valence-corrected chi connectivity index (χ0v) is 16.5. The van der Waals surface area contributed by atoms with Crippen LogP contribution in [-0.2, 0) is 4.79 Å². The number of nitrogens with one attached hydrogen (secondary N) is 2. The lowest BCUT2D eigenvalue weighted by Gasteiger charge is -2.03. The molecule has 0 atom stereocenters. The highest BCUT2D eigenvalue weighted by molar-refractivity contribution is 9.10. The molecule has 9 heteroatoms. The molecule has 2 N–H and O–H groups in total. The molecule has 2 aromatic carbocycles. The Hall–Kier alpha value is -1.54. The monoisotopic (exact) mass is 456 g/mol. The number of rotatable bonds is 5. The first-order valence-electron chi connectivity index (χ1n) is 7.07. The Balaban J connectivity index is 1.59. The van der Waals surface area contributed by atoms with E-state index in [1.807, 2.05) is 24.3 Å². The summed E-state index contributed by atoms with van der Waals surface area (Å²) in [6, 6.07) is 12.5. The summed E-state index contributed by atoms with van der Waals surface area (Å²) in [5.74, 6) is 0.586. The van der Waals surface area contributed by atoms with Crippen molar-refractivity contribution in [1.82, 2.24) is 15.2 Å². The lowest BCUT2D eigenvalue weighted by atomic mass is 10.2. The lowest BCUT2D eigenvalue weighted by molar-refractivity contribution is -0.113. The fraction of sp³-hybridized carbons (Fsp3) is 0.0625. The molecule has 0 saturated carbocycles. The van der Waals surface area contributed by atoms with E-state index in [-0.39, 0.29) is 11.7 Å². The second kappa shape index (κ2) is 8.23. The van der Waals surface area contributed by atoms with Crippen LogP contribution in [0.4, 0.5) is 5.69 Å². The van der Waals surface area contributed by atoms with E-state index in [0.29, 0.717) is 26.6 Å². The SMILES string of the molecule is O=C(CSc1n[nH]c(-c2ccc(Cl)cc2Cl)n1)Nc1ccc(Br)cc1. The Morgan fingerprint density at radius 2 is 1.96 bits per heavy atom. The molecule has 0 aliphatic heterocycles. The first-order chi connectivity index (χ1) is 12.0. The Morgan fingerprint density at radius 1 is 1.20 bits per heavy atom. The minimum atomic E-state index is -0.136. The number of nitrogens with zero attached hydrogens (tertiary/aromatic N) is 2. The van der Waals surface area contributed by atoms with Gasteiger partial charge in [0, 0.05) is 20.7 Å². The Morgan fingerprint density at radius 3 is 2.68 bits per heavy atom. The van der Waals surface area contributed by atoms with E-state index in [0.717, 1.165) is 10.2 Å². The van der Waals surface area contributed by atoms with Crippen LogP contribution >= 0.6 is 50.9 Å². The molecule has 0 aliphatic carbocycles. The van der Waals surface area contributed by atoms with Gasteiger partial charge >= 0.3 is 0 Å². The van der Waals surface area contributed by atoms with Crippen molar-refractivity contribution in [1.29, 1.82) is 0 Å². The molecule has 1 amide bonds. The largest absolute Gasteiger partial charge is 0.325 e. The third-order valence-corrected chi connectivity index (χ3v) is 5.04. The number of anilines is 1. The Labute approximate surface area is 166 Å². The number of aromatic nitrogens is 3. The third-order valence-electron chi connectivity index (χ3n) is 3.11. The van der Waals surface area contributed by atoms with Gasteiger partial charge in [0.1, 0.15) is 0 Å². The van der Waals surface area contributed by atoms with Gasteiger partial charge in [0.2, 0.25) is 11.1 Å². The fourth-order valence-corrected chi connectivity index (χ4v) is 3.33. The van der Waals surface area contributed by atoms with Gasteiger partial charge in [-0.3, -0.25) is 9.89 Å². The summed E-state index contributed by atoms with van der Waals surface area (Å²) in [7, 11) is 0. The number of thioether (sulfide) groups is 1. The number of amides is 1. The molecule has 5 nitrogen and oxygen atoms in total. The molecule has 0 saturated heterocycles.